The Morgan fingerprint density at radius 3 is 2.71 bits per heavy atom. The summed E-state index contributed by atoms with van der Waals surface area (Å²) in [7, 11) is -1.35. The number of fused-ring (bicyclic) bond motifs is 1. The van der Waals surface area contributed by atoms with E-state index in [2.05, 4.69) is 15.9 Å². The van der Waals surface area contributed by atoms with Gasteiger partial charge in [-0.1, -0.05) is 15.9 Å². The molecular formula is C8H9Br2N2O4S-. The Balaban J connectivity index is 0.00000144. The van der Waals surface area contributed by atoms with E-state index in [1.807, 2.05) is 0 Å². The fraction of sp³-hybridized carbons (Fsp3) is 0.500. The highest BCUT2D eigenvalue weighted by Gasteiger charge is 2.53. The first-order valence-corrected chi connectivity index (χ1v) is 6.94. The van der Waals surface area contributed by atoms with Crippen molar-refractivity contribution < 1.29 is 18.9 Å². The lowest BCUT2D eigenvalue weighted by atomic mass is 10.0. The van der Waals surface area contributed by atoms with Gasteiger partial charge in [0.1, 0.15) is 11.4 Å². The SMILES string of the molecule is Br.N[C@@H]1C(=O)N2C(C(=O)[O-])=C(CBr)CS(=O)[C@H]12. The standard InChI is InChI=1S/C8H9BrN2O4S.BrH/c9-1-3-2-16(15)7-4(10)6(12)11(7)5(3)8(13)14;/h4,7H,1-2,10H2,(H,13,14);1H/p-1/t4-,7-,16?;/m1./s1. The molecule has 1 fully saturated rings. The Hall–Kier alpha value is -0.250. The first kappa shape index (κ1) is 14.8. The number of halogens is 2. The molecule has 0 bridgehead atoms. The van der Waals surface area contributed by atoms with E-state index in [-0.39, 0.29) is 33.8 Å². The summed E-state index contributed by atoms with van der Waals surface area (Å²) < 4.78 is 11.7. The fourth-order valence-corrected chi connectivity index (χ4v) is 4.21. The van der Waals surface area contributed by atoms with Crippen LogP contribution >= 0.6 is 32.9 Å². The smallest absolute Gasteiger partial charge is 0.248 e. The second-order valence-electron chi connectivity index (χ2n) is 3.52. The van der Waals surface area contributed by atoms with Crippen LogP contribution in [0.15, 0.2) is 11.3 Å². The average Bonchev–Trinajstić information content (AvgIpc) is 2.25. The number of nitrogens with two attached hydrogens (primary N) is 1. The maximum Gasteiger partial charge on any atom is 0.248 e. The van der Waals surface area contributed by atoms with Crippen LogP contribution in [0.1, 0.15) is 0 Å². The van der Waals surface area contributed by atoms with Crippen LogP contribution in [0.2, 0.25) is 0 Å². The summed E-state index contributed by atoms with van der Waals surface area (Å²) in [6.07, 6.45) is 0. The van der Waals surface area contributed by atoms with Gasteiger partial charge in [0.05, 0.1) is 22.5 Å². The zero-order valence-electron chi connectivity index (χ0n) is 8.42. The number of amides is 1. The molecule has 2 rings (SSSR count). The molecule has 0 spiro atoms. The molecule has 0 aromatic carbocycles. The molecular weight excluding hydrogens is 380 g/mol. The van der Waals surface area contributed by atoms with E-state index in [1.165, 1.54) is 0 Å². The Bertz CT molecular complexity index is 439. The summed E-state index contributed by atoms with van der Waals surface area (Å²) >= 11 is 3.10. The van der Waals surface area contributed by atoms with Gasteiger partial charge >= 0.3 is 0 Å². The van der Waals surface area contributed by atoms with Crippen molar-refractivity contribution in [2.45, 2.75) is 11.4 Å². The number of carboxylic acid groups (broad SMARTS) is 1. The van der Waals surface area contributed by atoms with Gasteiger partial charge in [0, 0.05) is 11.1 Å². The minimum atomic E-state index is -1.43. The third-order valence-corrected chi connectivity index (χ3v) is 4.95. The number of β-lactam (4-membered cyclic amide) rings is 1. The molecule has 1 unspecified atom stereocenters. The molecule has 1 saturated heterocycles. The van der Waals surface area contributed by atoms with Crippen LogP contribution in [0.3, 0.4) is 0 Å². The van der Waals surface area contributed by atoms with E-state index < -0.39 is 34.1 Å². The van der Waals surface area contributed by atoms with Gasteiger partial charge in [-0.05, 0) is 5.57 Å². The molecule has 9 heteroatoms. The largest absolute Gasteiger partial charge is 0.543 e. The zero-order valence-corrected chi connectivity index (χ0v) is 12.5. The van der Waals surface area contributed by atoms with Gasteiger partial charge in [0.2, 0.25) is 5.91 Å². The van der Waals surface area contributed by atoms with Gasteiger partial charge in [0.15, 0.2) is 0 Å². The van der Waals surface area contributed by atoms with E-state index >= 15 is 0 Å². The molecule has 6 nitrogen and oxygen atoms in total. The summed E-state index contributed by atoms with van der Waals surface area (Å²) in [5.41, 5.74) is 5.70. The van der Waals surface area contributed by atoms with Crippen molar-refractivity contribution in [1.82, 2.24) is 4.90 Å². The van der Waals surface area contributed by atoms with Gasteiger partial charge < -0.3 is 15.6 Å². The fourth-order valence-electron chi connectivity index (χ4n) is 1.85. The van der Waals surface area contributed by atoms with Crippen molar-refractivity contribution in [1.29, 1.82) is 0 Å². The van der Waals surface area contributed by atoms with Crippen molar-refractivity contribution in [3.8, 4) is 0 Å². The van der Waals surface area contributed by atoms with Crippen molar-refractivity contribution >= 4 is 55.6 Å². The van der Waals surface area contributed by atoms with Gasteiger partial charge in [-0.25, -0.2) is 0 Å². The van der Waals surface area contributed by atoms with Crippen LogP contribution in [0.5, 0.6) is 0 Å². The summed E-state index contributed by atoms with van der Waals surface area (Å²) in [6.45, 7) is 0. The number of carbonyl (C=O) groups is 2. The van der Waals surface area contributed by atoms with Crippen molar-refractivity contribution in [2.75, 3.05) is 11.1 Å². The van der Waals surface area contributed by atoms with Crippen LogP contribution in [-0.2, 0) is 20.4 Å². The number of rotatable bonds is 2. The lowest BCUT2D eigenvalue weighted by molar-refractivity contribution is -0.301. The molecule has 2 heterocycles. The van der Waals surface area contributed by atoms with E-state index in [9.17, 15) is 18.9 Å². The van der Waals surface area contributed by atoms with Crippen molar-refractivity contribution in [3.63, 3.8) is 0 Å². The number of alkyl halides is 1. The third-order valence-electron chi connectivity index (χ3n) is 2.60. The lowest BCUT2D eigenvalue weighted by Gasteiger charge is -2.48. The first-order chi connectivity index (χ1) is 7.49. The monoisotopic (exact) mass is 387 g/mol. The predicted molar refractivity (Wildman–Crippen MR) is 67.8 cm³/mol. The normalized spacial score (nSPS) is 31.5. The molecule has 2 aliphatic rings. The lowest BCUT2D eigenvalue weighted by Crippen LogP contribution is -2.72. The molecule has 1 amide bonds. The highest BCUT2D eigenvalue weighted by molar-refractivity contribution is 9.09. The van der Waals surface area contributed by atoms with Gasteiger partial charge in [0.25, 0.3) is 0 Å². The van der Waals surface area contributed by atoms with E-state index in [0.717, 1.165) is 4.90 Å². The van der Waals surface area contributed by atoms with Gasteiger partial charge in [-0.2, -0.15) is 0 Å². The summed E-state index contributed by atoms with van der Waals surface area (Å²) in [6, 6.07) is -0.868. The topological polar surface area (TPSA) is 104 Å². The molecule has 0 aromatic heterocycles. The molecule has 17 heavy (non-hydrogen) atoms. The number of carbonyl (C=O) groups excluding carboxylic acids is 2. The molecule has 2 N–H and O–H groups in total. The second kappa shape index (κ2) is 5.17. The average molecular weight is 389 g/mol. The van der Waals surface area contributed by atoms with Crippen LogP contribution in [0, 0.1) is 0 Å². The number of hydrogen-bond donors (Lipinski definition) is 1. The van der Waals surface area contributed by atoms with Crippen LogP contribution < -0.4 is 10.8 Å². The number of carboxylic acids is 1. The highest BCUT2D eigenvalue weighted by Crippen LogP contribution is 2.33. The second-order valence-corrected chi connectivity index (χ2v) is 5.62. The van der Waals surface area contributed by atoms with Crippen molar-refractivity contribution in [3.05, 3.63) is 11.3 Å². The molecule has 0 saturated carbocycles. The van der Waals surface area contributed by atoms with Crippen molar-refractivity contribution in [2.24, 2.45) is 5.73 Å². The minimum absolute atomic E-state index is 0. The third kappa shape index (κ3) is 2.09. The summed E-state index contributed by atoms with van der Waals surface area (Å²) in [5, 5.41) is 10.5. The Kier molecular flexibility index (Phi) is 4.50. The van der Waals surface area contributed by atoms with Crippen LogP contribution in [-0.4, -0.2) is 43.5 Å². The van der Waals surface area contributed by atoms with Gasteiger partial charge in [-0.3, -0.25) is 13.9 Å². The molecule has 0 aromatic rings. The van der Waals surface area contributed by atoms with Crippen LogP contribution in [0.25, 0.3) is 0 Å². The zero-order chi connectivity index (χ0) is 12.0. The van der Waals surface area contributed by atoms with E-state index in [1.54, 1.807) is 0 Å². The predicted octanol–water partition coefficient (Wildman–Crippen LogP) is -1.78. The highest BCUT2D eigenvalue weighted by atomic mass is 79.9. The maximum absolute atomic E-state index is 11.7. The molecule has 96 valence electrons. The Morgan fingerprint density at radius 1 is 1.65 bits per heavy atom. The molecule has 0 aliphatic carbocycles. The molecule has 0 radical (unpaired) electrons. The quantitative estimate of drug-likeness (QED) is 0.445. The van der Waals surface area contributed by atoms with Gasteiger partial charge in [-0.15, -0.1) is 17.0 Å². The molecule has 2 aliphatic heterocycles. The summed E-state index contributed by atoms with van der Waals surface area (Å²) in [5.74, 6) is -1.84. The van der Waals surface area contributed by atoms with E-state index in [0.29, 0.717) is 5.57 Å². The number of nitrogens with zero attached hydrogens (tertiary/aromatic N) is 1. The Labute approximate surface area is 119 Å². The summed E-state index contributed by atoms with van der Waals surface area (Å²) in [4.78, 5) is 23.4. The minimum Gasteiger partial charge on any atom is -0.543 e. The Morgan fingerprint density at radius 2 is 2.24 bits per heavy atom. The maximum atomic E-state index is 11.7. The van der Waals surface area contributed by atoms with Crippen LogP contribution in [0.4, 0.5) is 0 Å². The first-order valence-electron chi connectivity index (χ1n) is 4.44. The molecule has 3 atom stereocenters. The number of aliphatic carboxylic acids is 1. The van der Waals surface area contributed by atoms with E-state index in [4.69, 9.17) is 5.73 Å². The number of hydrogen-bond acceptors (Lipinski definition) is 5.